The molecule has 0 aliphatic heterocycles. The number of rotatable bonds is 7. The number of methoxy groups -OCH3 is 1. The number of ether oxygens (including phenoxy) is 1. The van der Waals surface area contributed by atoms with Crippen LogP contribution in [0.1, 0.15) is 35.0 Å². The molecule has 20 heavy (non-hydrogen) atoms. The van der Waals surface area contributed by atoms with Gasteiger partial charge in [-0.2, -0.15) is 0 Å². The summed E-state index contributed by atoms with van der Waals surface area (Å²) in [6.07, 6.45) is 4.96. The third-order valence-electron chi connectivity index (χ3n) is 3.00. The van der Waals surface area contributed by atoms with Crippen LogP contribution in [0.25, 0.3) is 0 Å². The van der Waals surface area contributed by atoms with Crippen molar-refractivity contribution in [2.45, 2.75) is 39.8 Å². The van der Waals surface area contributed by atoms with Gasteiger partial charge in [-0.05, 0) is 27.2 Å². The zero-order valence-corrected chi connectivity index (χ0v) is 13.3. The summed E-state index contributed by atoms with van der Waals surface area (Å²) in [7, 11) is 1.73. The second-order valence-corrected chi connectivity index (χ2v) is 6.19. The first-order chi connectivity index (χ1) is 9.60. The third-order valence-corrected chi connectivity index (χ3v) is 4.10. The van der Waals surface area contributed by atoms with Crippen molar-refractivity contribution < 1.29 is 4.74 Å². The Bertz CT molecular complexity index is 549. The fraction of sp³-hybridized carbons (Fsp3) is 0.571. The van der Waals surface area contributed by atoms with E-state index in [0.29, 0.717) is 0 Å². The van der Waals surface area contributed by atoms with Crippen LogP contribution < -0.4 is 5.32 Å². The maximum atomic E-state index is 5.10. The molecule has 0 saturated heterocycles. The smallest absolute Gasteiger partial charge is 0.203 e. The third kappa shape index (κ3) is 3.80. The lowest BCUT2D eigenvalue weighted by Gasteiger charge is -2.14. The molecule has 2 aromatic heterocycles. The number of nitrogens with one attached hydrogen (secondary N) is 1. The lowest BCUT2D eigenvalue weighted by Crippen LogP contribution is -2.12. The van der Waals surface area contributed by atoms with Gasteiger partial charge in [0, 0.05) is 37.5 Å². The number of hydrogen-bond donors (Lipinski definition) is 1. The summed E-state index contributed by atoms with van der Waals surface area (Å²) in [5.41, 5.74) is 1.02. The molecule has 0 aliphatic rings. The van der Waals surface area contributed by atoms with Crippen molar-refractivity contribution in [3.05, 3.63) is 28.0 Å². The van der Waals surface area contributed by atoms with Crippen LogP contribution in [0.4, 0.5) is 5.95 Å². The highest BCUT2D eigenvalue weighted by Gasteiger charge is 2.13. The van der Waals surface area contributed by atoms with E-state index in [1.165, 1.54) is 4.88 Å². The van der Waals surface area contributed by atoms with Crippen LogP contribution in [0.5, 0.6) is 0 Å². The molecule has 1 unspecified atom stereocenters. The molecule has 2 heterocycles. The Morgan fingerprint density at radius 2 is 2.25 bits per heavy atom. The van der Waals surface area contributed by atoms with E-state index in [2.05, 4.69) is 39.9 Å². The van der Waals surface area contributed by atoms with Crippen molar-refractivity contribution in [2.75, 3.05) is 19.0 Å². The van der Waals surface area contributed by atoms with Crippen LogP contribution in [-0.4, -0.2) is 28.3 Å². The molecular weight excluding hydrogens is 272 g/mol. The van der Waals surface area contributed by atoms with Crippen LogP contribution in [0.15, 0.2) is 12.4 Å². The predicted octanol–water partition coefficient (Wildman–Crippen LogP) is 3.17. The maximum Gasteiger partial charge on any atom is 0.203 e. The Morgan fingerprint density at radius 1 is 1.45 bits per heavy atom. The van der Waals surface area contributed by atoms with E-state index in [-0.39, 0.29) is 6.04 Å². The van der Waals surface area contributed by atoms with Crippen molar-refractivity contribution in [1.82, 2.24) is 14.5 Å². The van der Waals surface area contributed by atoms with Gasteiger partial charge in [0.05, 0.1) is 11.7 Å². The van der Waals surface area contributed by atoms with Crippen molar-refractivity contribution >= 4 is 17.3 Å². The Kier molecular flexibility index (Phi) is 5.14. The van der Waals surface area contributed by atoms with Gasteiger partial charge in [0.15, 0.2) is 0 Å². The molecule has 0 saturated carbocycles. The number of aromatic nitrogens is 3. The summed E-state index contributed by atoms with van der Waals surface area (Å²) in [6.45, 7) is 7.86. The molecule has 0 amide bonds. The standard InChI is InChI=1S/C14H22N4OS/c1-10-9-18(6-5-7-19-4)14(16-10)17-12(3)13-15-8-11(2)20-13/h8-9,12H,5-7H2,1-4H3,(H,16,17). The molecule has 6 heteroatoms. The first kappa shape index (κ1) is 15.0. The topological polar surface area (TPSA) is 52.0 Å². The molecule has 0 aliphatic carbocycles. The summed E-state index contributed by atoms with van der Waals surface area (Å²) in [5.74, 6) is 0.902. The van der Waals surface area contributed by atoms with Gasteiger partial charge in [-0.1, -0.05) is 0 Å². The number of anilines is 1. The van der Waals surface area contributed by atoms with E-state index in [1.54, 1.807) is 18.4 Å². The number of hydrogen-bond acceptors (Lipinski definition) is 5. The number of thiazole rings is 1. The first-order valence-corrected chi connectivity index (χ1v) is 7.63. The van der Waals surface area contributed by atoms with Crippen molar-refractivity contribution in [3.63, 3.8) is 0 Å². The summed E-state index contributed by atoms with van der Waals surface area (Å²) < 4.78 is 7.25. The average molecular weight is 294 g/mol. The van der Waals surface area contributed by atoms with Gasteiger partial charge >= 0.3 is 0 Å². The lowest BCUT2D eigenvalue weighted by molar-refractivity contribution is 0.190. The van der Waals surface area contributed by atoms with Crippen LogP contribution in [0.3, 0.4) is 0 Å². The minimum absolute atomic E-state index is 0.164. The molecule has 0 spiro atoms. The molecule has 0 aromatic carbocycles. The van der Waals surface area contributed by atoms with Crippen LogP contribution in [0.2, 0.25) is 0 Å². The molecule has 5 nitrogen and oxygen atoms in total. The minimum Gasteiger partial charge on any atom is -0.385 e. The monoisotopic (exact) mass is 294 g/mol. The Morgan fingerprint density at radius 3 is 2.90 bits per heavy atom. The molecule has 110 valence electrons. The quantitative estimate of drug-likeness (QED) is 0.797. The van der Waals surface area contributed by atoms with Crippen molar-refractivity contribution in [3.8, 4) is 0 Å². The summed E-state index contributed by atoms with van der Waals surface area (Å²) in [5, 5.41) is 4.54. The Balaban J connectivity index is 2.04. The van der Waals surface area contributed by atoms with Crippen molar-refractivity contribution in [2.24, 2.45) is 0 Å². The van der Waals surface area contributed by atoms with Crippen LogP contribution in [-0.2, 0) is 11.3 Å². The predicted molar refractivity (Wildman–Crippen MR) is 82.3 cm³/mol. The van der Waals surface area contributed by atoms with Gasteiger partial charge < -0.3 is 14.6 Å². The molecular formula is C14H22N4OS. The van der Waals surface area contributed by atoms with Gasteiger partial charge in [-0.15, -0.1) is 11.3 Å². The van der Waals surface area contributed by atoms with E-state index < -0.39 is 0 Å². The van der Waals surface area contributed by atoms with Gasteiger partial charge in [0.25, 0.3) is 0 Å². The van der Waals surface area contributed by atoms with Crippen LogP contribution >= 0.6 is 11.3 Å². The molecule has 0 bridgehead atoms. The van der Waals surface area contributed by atoms with E-state index in [1.807, 2.05) is 13.1 Å². The van der Waals surface area contributed by atoms with Crippen LogP contribution in [0, 0.1) is 13.8 Å². The molecule has 0 radical (unpaired) electrons. The number of aryl methyl sites for hydroxylation is 3. The fourth-order valence-corrected chi connectivity index (χ4v) is 2.82. The second-order valence-electron chi connectivity index (χ2n) is 4.92. The molecule has 0 fully saturated rings. The summed E-state index contributed by atoms with van der Waals surface area (Å²) in [6, 6.07) is 0.164. The summed E-state index contributed by atoms with van der Waals surface area (Å²) >= 11 is 1.72. The lowest BCUT2D eigenvalue weighted by atomic mass is 10.3. The zero-order chi connectivity index (χ0) is 14.5. The Labute approximate surface area is 124 Å². The van der Waals surface area contributed by atoms with E-state index in [9.17, 15) is 0 Å². The molecule has 2 aromatic rings. The highest BCUT2D eigenvalue weighted by atomic mass is 32.1. The molecule has 1 atom stereocenters. The van der Waals surface area contributed by atoms with Gasteiger partial charge in [-0.25, -0.2) is 9.97 Å². The van der Waals surface area contributed by atoms with Crippen molar-refractivity contribution in [1.29, 1.82) is 0 Å². The highest BCUT2D eigenvalue weighted by molar-refractivity contribution is 7.11. The van der Waals surface area contributed by atoms with E-state index in [4.69, 9.17) is 4.74 Å². The van der Waals surface area contributed by atoms with Gasteiger partial charge in [0.1, 0.15) is 5.01 Å². The maximum absolute atomic E-state index is 5.10. The van der Waals surface area contributed by atoms with E-state index in [0.717, 1.165) is 36.2 Å². The number of imidazole rings is 1. The summed E-state index contributed by atoms with van der Waals surface area (Å²) in [4.78, 5) is 10.2. The minimum atomic E-state index is 0.164. The second kappa shape index (κ2) is 6.85. The largest absolute Gasteiger partial charge is 0.385 e. The zero-order valence-electron chi connectivity index (χ0n) is 12.5. The SMILES string of the molecule is COCCCn1cc(C)nc1NC(C)c1ncc(C)s1. The first-order valence-electron chi connectivity index (χ1n) is 6.81. The van der Waals surface area contributed by atoms with Gasteiger partial charge in [0.2, 0.25) is 5.95 Å². The van der Waals surface area contributed by atoms with Gasteiger partial charge in [-0.3, -0.25) is 0 Å². The molecule has 2 rings (SSSR count). The Hall–Kier alpha value is -1.40. The molecule has 1 N–H and O–H groups in total. The normalized spacial score (nSPS) is 12.6. The average Bonchev–Trinajstić information content (AvgIpc) is 2.97. The number of nitrogens with zero attached hydrogens (tertiary/aromatic N) is 3. The van der Waals surface area contributed by atoms with E-state index >= 15 is 0 Å². The highest BCUT2D eigenvalue weighted by Crippen LogP contribution is 2.23. The fourth-order valence-electron chi connectivity index (χ4n) is 2.04.